The Labute approximate surface area is 152 Å². The number of para-hydroxylation sites is 1. The van der Waals surface area contributed by atoms with Crippen molar-refractivity contribution in [3.63, 3.8) is 0 Å². The van der Waals surface area contributed by atoms with Gasteiger partial charge in [-0.2, -0.15) is 5.26 Å². The predicted octanol–water partition coefficient (Wildman–Crippen LogP) is 4.88. The summed E-state index contributed by atoms with van der Waals surface area (Å²) in [5.41, 5.74) is 0. The van der Waals surface area contributed by atoms with Crippen molar-refractivity contribution in [2.45, 2.75) is 56.7 Å². The highest BCUT2D eigenvalue weighted by Gasteiger charge is 2.21. The Morgan fingerprint density at radius 2 is 2.00 bits per heavy atom. The lowest BCUT2D eigenvalue weighted by Gasteiger charge is -2.19. The largest absolute Gasteiger partial charge is 0.484 e. The monoisotopic (exact) mass is 364 g/mol. The summed E-state index contributed by atoms with van der Waals surface area (Å²) in [4.78, 5) is 0. The minimum atomic E-state index is -0.181. The lowest BCUT2D eigenvalue weighted by molar-refractivity contribution is 0.278. The van der Waals surface area contributed by atoms with Crippen LogP contribution in [0.5, 0.6) is 5.75 Å². The molecule has 24 heavy (non-hydrogen) atoms. The first-order chi connectivity index (χ1) is 11.6. The summed E-state index contributed by atoms with van der Waals surface area (Å²) in [6.07, 6.45) is 1.92. The van der Waals surface area contributed by atoms with Crippen molar-refractivity contribution in [3.8, 4) is 11.8 Å². The molecule has 1 aromatic heterocycles. The Morgan fingerprint density at radius 3 is 2.62 bits per heavy atom. The molecule has 0 radical (unpaired) electrons. The van der Waals surface area contributed by atoms with E-state index in [0.717, 1.165) is 23.8 Å². The Hall–Kier alpha value is -1.71. The molecule has 7 heteroatoms. The summed E-state index contributed by atoms with van der Waals surface area (Å²) >= 11 is 7.55. The van der Waals surface area contributed by atoms with Crippen LogP contribution in [0.1, 0.15) is 45.5 Å². The summed E-state index contributed by atoms with van der Waals surface area (Å²) in [5, 5.41) is 18.8. The molecule has 0 aliphatic heterocycles. The van der Waals surface area contributed by atoms with Crippen molar-refractivity contribution < 1.29 is 4.74 Å². The number of ether oxygens (including phenoxy) is 1. The molecule has 1 aromatic carbocycles. The summed E-state index contributed by atoms with van der Waals surface area (Å²) in [7, 11) is 0. The van der Waals surface area contributed by atoms with Gasteiger partial charge in [0.1, 0.15) is 12.4 Å². The van der Waals surface area contributed by atoms with E-state index in [0.29, 0.717) is 10.8 Å². The van der Waals surface area contributed by atoms with E-state index in [4.69, 9.17) is 21.6 Å². The van der Waals surface area contributed by atoms with E-state index in [-0.39, 0.29) is 17.9 Å². The van der Waals surface area contributed by atoms with Crippen molar-refractivity contribution in [1.29, 1.82) is 5.26 Å². The van der Waals surface area contributed by atoms with Crippen LogP contribution in [0.25, 0.3) is 0 Å². The zero-order valence-electron chi connectivity index (χ0n) is 14.1. The van der Waals surface area contributed by atoms with Gasteiger partial charge in [-0.15, -0.1) is 10.2 Å². The molecule has 0 saturated heterocycles. The SMILES string of the molecule is CCC(CC)n1c(COc2ccccc2Cl)nnc1S[C@@H](C)C#N. The van der Waals surface area contributed by atoms with E-state index in [9.17, 15) is 0 Å². The number of aromatic nitrogens is 3. The zero-order valence-corrected chi connectivity index (χ0v) is 15.6. The first-order valence-electron chi connectivity index (χ1n) is 7.98. The second-order valence-electron chi connectivity index (χ2n) is 5.35. The van der Waals surface area contributed by atoms with Crippen LogP contribution < -0.4 is 4.74 Å². The fourth-order valence-corrected chi connectivity index (χ4v) is 3.41. The summed E-state index contributed by atoms with van der Waals surface area (Å²) < 4.78 is 7.91. The summed E-state index contributed by atoms with van der Waals surface area (Å²) in [5.74, 6) is 1.37. The highest BCUT2D eigenvalue weighted by molar-refractivity contribution is 8.00. The Kier molecular flexibility index (Phi) is 6.95. The smallest absolute Gasteiger partial charge is 0.192 e. The van der Waals surface area contributed by atoms with Gasteiger partial charge in [0.05, 0.1) is 16.3 Å². The number of benzene rings is 1. The Bertz CT molecular complexity index is 709. The van der Waals surface area contributed by atoms with Gasteiger partial charge in [-0.3, -0.25) is 4.57 Å². The first-order valence-corrected chi connectivity index (χ1v) is 9.23. The number of nitrogens with zero attached hydrogens (tertiary/aromatic N) is 4. The molecule has 2 aromatic rings. The van der Waals surface area contributed by atoms with Crippen molar-refractivity contribution in [1.82, 2.24) is 14.8 Å². The van der Waals surface area contributed by atoms with Gasteiger partial charge < -0.3 is 4.74 Å². The van der Waals surface area contributed by atoms with Crippen LogP contribution in [0, 0.1) is 11.3 Å². The molecule has 0 spiro atoms. The fraction of sp³-hybridized carbons (Fsp3) is 0.471. The van der Waals surface area contributed by atoms with Crippen LogP contribution in [-0.2, 0) is 6.61 Å². The molecule has 1 atom stereocenters. The molecule has 1 heterocycles. The van der Waals surface area contributed by atoms with Gasteiger partial charge in [0.2, 0.25) is 0 Å². The minimum Gasteiger partial charge on any atom is -0.484 e. The molecular formula is C17H21ClN4OS. The maximum Gasteiger partial charge on any atom is 0.192 e. The van der Waals surface area contributed by atoms with Gasteiger partial charge in [0.15, 0.2) is 11.0 Å². The van der Waals surface area contributed by atoms with E-state index in [1.165, 1.54) is 11.8 Å². The Balaban J connectivity index is 2.25. The van der Waals surface area contributed by atoms with E-state index in [1.54, 1.807) is 6.07 Å². The topological polar surface area (TPSA) is 63.7 Å². The second-order valence-corrected chi connectivity index (χ2v) is 7.06. The molecule has 2 rings (SSSR count). The van der Waals surface area contributed by atoms with Crippen LogP contribution in [0.3, 0.4) is 0 Å². The quantitative estimate of drug-likeness (QED) is 0.625. The van der Waals surface area contributed by atoms with E-state index in [2.05, 4.69) is 34.7 Å². The van der Waals surface area contributed by atoms with Gasteiger partial charge in [-0.1, -0.05) is 49.3 Å². The van der Waals surface area contributed by atoms with Crippen LogP contribution in [0.2, 0.25) is 5.02 Å². The van der Waals surface area contributed by atoms with Gasteiger partial charge in [0.25, 0.3) is 0 Å². The number of hydrogen-bond acceptors (Lipinski definition) is 5. The summed E-state index contributed by atoms with van der Waals surface area (Å²) in [6, 6.07) is 9.86. The molecule has 0 fully saturated rings. The molecule has 0 saturated carbocycles. The molecule has 0 unspecified atom stereocenters. The van der Waals surface area contributed by atoms with E-state index >= 15 is 0 Å². The number of thioether (sulfide) groups is 1. The lowest BCUT2D eigenvalue weighted by Crippen LogP contribution is -2.14. The van der Waals surface area contributed by atoms with Crippen LogP contribution in [0.4, 0.5) is 0 Å². The Morgan fingerprint density at radius 1 is 1.29 bits per heavy atom. The highest BCUT2D eigenvalue weighted by atomic mass is 35.5. The molecule has 0 bridgehead atoms. The molecule has 5 nitrogen and oxygen atoms in total. The maximum absolute atomic E-state index is 9.06. The fourth-order valence-electron chi connectivity index (χ4n) is 2.40. The van der Waals surface area contributed by atoms with Crippen molar-refractivity contribution in [2.24, 2.45) is 0 Å². The highest BCUT2D eigenvalue weighted by Crippen LogP contribution is 2.29. The number of halogens is 1. The van der Waals surface area contributed by atoms with Crippen LogP contribution in [-0.4, -0.2) is 20.0 Å². The van der Waals surface area contributed by atoms with E-state index in [1.807, 2.05) is 25.1 Å². The van der Waals surface area contributed by atoms with Gasteiger partial charge in [0, 0.05) is 6.04 Å². The maximum atomic E-state index is 9.06. The molecule has 128 valence electrons. The van der Waals surface area contributed by atoms with Gasteiger partial charge in [-0.25, -0.2) is 0 Å². The van der Waals surface area contributed by atoms with Crippen LogP contribution in [0.15, 0.2) is 29.4 Å². The third-order valence-corrected chi connectivity index (χ3v) is 4.96. The number of nitriles is 1. The number of hydrogen-bond donors (Lipinski definition) is 0. The average molecular weight is 365 g/mol. The van der Waals surface area contributed by atoms with Gasteiger partial charge in [-0.05, 0) is 31.9 Å². The van der Waals surface area contributed by atoms with Crippen molar-refractivity contribution >= 4 is 23.4 Å². The average Bonchev–Trinajstić information content (AvgIpc) is 2.98. The minimum absolute atomic E-state index is 0.181. The molecule has 0 aliphatic carbocycles. The standard InChI is InChI=1S/C17H21ClN4OS/c1-4-13(5-2)22-16(20-21-17(22)24-12(3)10-19)11-23-15-9-7-6-8-14(15)18/h6-9,12-13H,4-5,11H2,1-3H3/t12-/m0/s1. The van der Waals surface area contributed by atoms with Gasteiger partial charge >= 0.3 is 0 Å². The van der Waals surface area contributed by atoms with E-state index < -0.39 is 0 Å². The first kappa shape index (κ1) is 18.6. The third-order valence-electron chi connectivity index (χ3n) is 3.70. The third kappa shape index (κ3) is 4.43. The molecule has 0 aliphatic rings. The summed E-state index contributed by atoms with van der Waals surface area (Å²) in [6.45, 7) is 6.41. The molecular weight excluding hydrogens is 344 g/mol. The van der Waals surface area contributed by atoms with Crippen molar-refractivity contribution in [3.05, 3.63) is 35.1 Å². The number of rotatable bonds is 8. The zero-order chi connectivity index (χ0) is 17.5. The molecule has 0 amide bonds. The van der Waals surface area contributed by atoms with Crippen LogP contribution >= 0.6 is 23.4 Å². The lowest BCUT2D eigenvalue weighted by atomic mass is 10.2. The van der Waals surface area contributed by atoms with Crippen molar-refractivity contribution in [2.75, 3.05) is 0 Å². The predicted molar refractivity (Wildman–Crippen MR) is 96.4 cm³/mol. The second kappa shape index (κ2) is 8.95. The normalized spacial score (nSPS) is 12.2. The molecule has 0 N–H and O–H groups in total.